The molecular weight excluding hydrogens is 288 g/mol. The highest BCUT2D eigenvalue weighted by Crippen LogP contribution is 2.19. The van der Waals surface area contributed by atoms with Crippen LogP contribution in [0.2, 0.25) is 0 Å². The molecule has 0 saturated heterocycles. The molecule has 0 aliphatic carbocycles. The van der Waals surface area contributed by atoms with Gasteiger partial charge in [-0.1, -0.05) is 13.0 Å². The summed E-state index contributed by atoms with van der Waals surface area (Å²) in [5, 5.41) is 11.3. The van der Waals surface area contributed by atoms with E-state index in [1.807, 2.05) is 24.4 Å². The fraction of sp³-hybridized carbons (Fsp3) is 0.357. The van der Waals surface area contributed by atoms with Crippen LogP contribution in [0.1, 0.15) is 23.4 Å². The van der Waals surface area contributed by atoms with Crippen LogP contribution in [0.5, 0.6) is 0 Å². The third-order valence-corrected chi connectivity index (χ3v) is 4.17. The topological polar surface area (TPSA) is 76.0 Å². The third kappa shape index (κ3) is 3.91. The van der Waals surface area contributed by atoms with Gasteiger partial charge in [-0.15, -0.1) is 11.3 Å². The summed E-state index contributed by atoms with van der Waals surface area (Å²) in [6.45, 7) is 4.21. The zero-order chi connectivity index (χ0) is 15.4. The van der Waals surface area contributed by atoms with Crippen LogP contribution >= 0.6 is 11.3 Å². The number of rotatable bonds is 4. The standard InChI is InChI=1S/C14H18N4O2S/c1-9(12-5-4-6-21-12)7-15-13(19)14(20)16-11-8-18(3)17-10(11)2/h4-6,8-9H,7H2,1-3H3,(H,15,19)(H,16,20). The van der Waals surface area contributed by atoms with Gasteiger partial charge in [-0.05, 0) is 18.4 Å². The van der Waals surface area contributed by atoms with Crippen molar-refractivity contribution in [1.29, 1.82) is 0 Å². The Labute approximate surface area is 127 Å². The van der Waals surface area contributed by atoms with Crippen LogP contribution in [0, 0.1) is 6.92 Å². The molecule has 0 aliphatic rings. The summed E-state index contributed by atoms with van der Waals surface area (Å²) in [4.78, 5) is 24.8. The quantitative estimate of drug-likeness (QED) is 0.843. The fourth-order valence-corrected chi connectivity index (χ4v) is 2.69. The number of hydrogen-bond acceptors (Lipinski definition) is 4. The summed E-state index contributed by atoms with van der Waals surface area (Å²) in [6.07, 6.45) is 1.66. The zero-order valence-corrected chi connectivity index (χ0v) is 13.0. The van der Waals surface area contributed by atoms with Gasteiger partial charge in [0.2, 0.25) is 0 Å². The van der Waals surface area contributed by atoms with E-state index in [2.05, 4.69) is 15.7 Å². The van der Waals surface area contributed by atoms with E-state index in [1.165, 1.54) is 4.88 Å². The minimum absolute atomic E-state index is 0.182. The van der Waals surface area contributed by atoms with Gasteiger partial charge >= 0.3 is 11.8 Å². The van der Waals surface area contributed by atoms with Crippen molar-refractivity contribution in [3.8, 4) is 0 Å². The number of hydrogen-bond donors (Lipinski definition) is 2. The molecule has 0 aliphatic heterocycles. The number of nitrogens with zero attached hydrogens (tertiary/aromatic N) is 2. The summed E-state index contributed by atoms with van der Waals surface area (Å²) in [5.74, 6) is -1.13. The molecule has 2 rings (SSSR count). The predicted molar refractivity (Wildman–Crippen MR) is 82.3 cm³/mol. The van der Waals surface area contributed by atoms with E-state index in [0.29, 0.717) is 17.9 Å². The maximum absolute atomic E-state index is 11.8. The lowest BCUT2D eigenvalue weighted by atomic mass is 10.1. The highest BCUT2D eigenvalue weighted by atomic mass is 32.1. The molecule has 0 radical (unpaired) electrons. The van der Waals surface area contributed by atoms with E-state index >= 15 is 0 Å². The van der Waals surface area contributed by atoms with Gasteiger partial charge < -0.3 is 10.6 Å². The highest BCUT2D eigenvalue weighted by Gasteiger charge is 2.17. The third-order valence-electron chi connectivity index (χ3n) is 3.07. The largest absolute Gasteiger partial charge is 0.347 e. The van der Waals surface area contributed by atoms with E-state index in [1.54, 1.807) is 36.2 Å². The van der Waals surface area contributed by atoms with Crippen molar-refractivity contribution in [1.82, 2.24) is 15.1 Å². The molecule has 6 nitrogen and oxygen atoms in total. The molecule has 2 aromatic rings. The Kier molecular flexibility index (Phi) is 4.74. The Morgan fingerprint density at radius 3 is 2.76 bits per heavy atom. The monoisotopic (exact) mass is 306 g/mol. The first-order valence-corrected chi connectivity index (χ1v) is 7.48. The summed E-state index contributed by atoms with van der Waals surface area (Å²) in [7, 11) is 1.76. The number of amides is 2. The van der Waals surface area contributed by atoms with Crippen molar-refractivity contribution in [2.24, 2.45) is 7.05 Å². The molecule has 2 N–H and O–H groups in total. The van der Waals surface area contributed by atoms with Crippen LogP contribution in [0.4, 0.5) is 5.69 Å². The average molecular weight is 306 g/mol. The van der Waals surface area contributed by atoms with Crippen molar-refractivity contribution >= 4 is 28.8 Å². The lowest BCUT2D eigenvalue weighted by Crippen LogP contribution is -2.37. The first-order chi connectivity index (χ1) is 9.97. The van der Waals surface area contributed by atoms with Gasteiger partial charge in [0, 0.05) is 30.6 Å². The van der Waals surface area contributed by atoms with Crippen LogP contribution in [-0.4, -0.2) is 28.1 Å². The van der Waals surface area contributed by atoms with Crippen molar-refractivity contribution < 1.29 is 9.59 Å². The molecule has 2 amide bonds. The van der Waals surface area contributed by atoms with Crippen molar-refractivity contribution in [2.45, 2.75) is 19.8 Å². The minimum Gasteiger partial charge on any atom is -0.347 e. The van der Waals surface area contributed by atoms with E-state index in [9.17, 15) is 9.59 Å². The second kappa shape index (κ2) is 6.53. The number of thiophene rings is 1. The van der Waals surface area contributed by atoms with Gasteiger partial charge in [0.1, 0.15) is 0 Å². The van der Waals surface area contributed by atoms with Gasteiger partial charge in [0.25, 0.3) is 0 Å². The molecule has 0 saturated carbocycles. The number of carbonyl (C=O) groups is 2. The van der Waals surface area contributed by atoms with E-state index < -0.39 is 11.8 Å². The molecule has 2 aromatic heterocycles. The van der Waals surface area contributed by atoms with E-state index in [0.717, 1.165) is 0 Å². The van der Waals surface area contributed by atoms with Crippen molar-refractivity contribution in [3.05, 3.63) is 34.3 Å². The first-order valence-electron chi connectivity index (χ1n) is 6.60. The maximum atomic E-state index is 11.8. The second-order valence-corrected chi connectivity index (χ2v) is 5.86. The normalized spacial score (nSPS) is 12.0. The molecule has 0 aromatic carbocycles. The highest BCUT2D eigenvalue weighted by molar-refractivity contribution is 7.10. The van der Waals surface area contributed by atoms with Crippen LogP contribution < -0.4 is 10.6 Å². The Hall–Kier alpha value is -2.15. The lowest BCUT2D eigenvalue weighted by molar-refractivity contribution is -0.136. The predicted octanol–water partition coefficient (Wildman–Crippen LogP) is 1.65. The van der Waals surface area contributed by atoms with Crippen LogP contribution in [0.25, 0.3) is 0 Å². The number of anilines is 1. The number of aryl methyl sites for hydroxylation is 2. The zero-order valence-electron chi connectivity index (χ0n) is 12.2. The molecule has 2 heterocycles. The summed E-state index contributed by atoms with van der Waals surface area (Å²) < 4.78 is 1.59. The summed E-state index contributed by atoms with van der Waals surface area (Å²) in [5.41, 5.74) is 1.22. The van der Waals surface area contributed by atoms with Crippen LogP contribution in [0.15, 0.2) is 23.7 Å². The Balaban J connectivity index is 1.85. The van der Waals surface area contributed by atoms with Crippen molar-refractivity contribution in [3.63, 3.8) is 0 Å². The van der Waals surface area contributed by atoms with E-state index in [4.69, 9.17) is 0 Å². The number of nitrogens with one attached hydrogen (secondary N) is 2. The smallest absolute Gasteiger partial charge is 0.313 e. The van der Waals surface area contributed by atoms with Crippen molar-refractivity contribution in [2.75, 3.05) is 11.9 Å². The molecule has 7 heteroatoms. The molecule has 1 atom stereocenters. The van der Waals surface area contributed by atoms with Crippen LogP contribution in [-0.2, 0) is 16.6 Å². The average Bonchev–Trinajstić information content (AvgIpc) is 3.06. The minimum atomic E-state index is -0.676. The second-order valence-electron chi connectivity index (χ2n) is 4.88. The fourth-order valence-electron chi connectivity index (χ4n) is 1.90. The first kappa shape index (κ1) is 15.2. The molecule has 0 spiro atoms. The van der Waals surface area contributed by atoms with Crippen LogP contribution in [0.3, 0.4) is 0 Å². The van der Waals surface area contributed by atoms with Gasteiger partial charge in [0.05, 0.1) is 11.4 Å². The number of carbonyl (C=O) groups excluding carboxylic acids is 2. The number of aromatic nitrogens is 2. The Morgan fingerprint density at radius 2 is 2.19 bits per heavy atom. The SMILES string of the molecule is Cc1nn(C)cc1NC(=O)C(=O)NCC(C)c1cccs1. The summed E-state index contributed by atoms with van der Waals surface area (Å²) >= 11 is 1.64. The van der Waals surface area contributed by atoms with Gasteiger partial charge in [-0.2, -0.15) is 5.10 Å². The Morgan fingerprint density at radius 1 is 1.43 bits per heavy atom. The molecule has 0 bridgehead atoms. The van der Waals surface area contributed by atoms with Gasteiger partial charge in [0.15, 0.2) is 0 Å². The van der Waals surface area contributed by atoms with Gasteiger partial charge in [-0.25, -0.2) is 0 Å². The summed E-state index contributed by atoms with van der Waals surface area (Å²) in [6, 6.07) is 3.98. The lowest BCUT2D eigenvalue weighted by Gasteiger charge is -2.10. The molecule has 1 unspecified atom stereocenters. The molecule has 112 valence electrons. The molecule has 21 heavy (non-hydrogen) atoms. The maximum Gasteiger partial charge on any atom is 0.313 e. The Bertz CT molecular complexity index is 633. The molecular formula is C14H18N4O2S. The van der Waals surface area contributed by atoms with Gasteiger partial charge in [-0.3, -0.25) is 14.3 Å². The molecule has 0 fully saturated rings. The van der Waals surface area contributed by atoms with E-state index in [-0.39, 0.29) is 5.92 Å².